The molecule has 0 saturated carbocycles. The first-order valence-electron chi connectivity index (χ1n) is 3.94. The van der Waals surface area contributed by atoms with Gasteiger partial charge in [-0.3, -0.25) is 0 Å². The van der Waals surface area contributed by atoms with Crippen LogP contribution in [0.25, 0.3) is 9.88 Å². The fourth-order valence-corrected chi connectivity index (χ4v) is 2.68. The smallest absolute Gasteiger partial charge is 0.133 e. The van der Waals surface area contributed by atoms with Gasteiger partial charge in [-0.1, -0.05) is 6.07 Å². The van der Waals surface area contributed by atoms with Gasteiger partial charge in [0, 0.05) is 17.8 Å². The monoisotopic (exact) mass is 224 g/mol. The zero-order chi connectivity index (χ0) is 9.97. The van der Waals surface area contributed by atoms with E-state index < -0.39 is 5.97 Å². The number of thiophene rings is 1. The number of rotatable bonds is 3. The van der Waals surface area contributed by atoms with Gasteiger partial charge in [0.25, 0.3) is 0 Å². The molecule has 0 aliphatic heterocycles. The van der Waals surface area contributed by atoms with Gasteiger partial charge in [-0.25, -0.2) is 4.98 Å². The maximum Gasteiger partial charge on any atom is 0.133 e. The third-order valence-electron chi connectivity index (χ3n) is 1.61. The van der Waals surface area contributed by atoms with E-state index in [1.165, 1.54) is 11.3 Å². The minimum absolute atomic E-state index is 0.109. The number of hydrogen-bond acceptors (Lipinski definition) is 5. The van der Waals surface area contributed by atoms with Crippen LogP contribution in [0, 0.1) is 0 Å². The average Bonchev–Trinajstić information content (AvgIpc) is 2.69. The maximum absolute atomic E-state index is 10.3. The number of nitrogens with zero attached hydrogens (tertiary/aromatic N) is 1. The van der Waals surface area contributed by atoms with Crippen molar-refractivity contribution < 1.29 is 9.90 Å². The molecule has 0 saturated heterocycles. The van der Waals surface area contributed by atoms with Gasteiger partial charge in [-0.2, -0.15) is 0 Å². The molecule has 0 bridgehead atoms. The van der Waals surface area contributed by atoms with Gasteiger partial charge in [0.05, 0.1) is 10.6 Å². The van der Waals surface area contributed by atoms with Crippen molar-refractivity contribution in [3.63, 3.8) is 0 Å². The van der Waals surface area contributed by atoms with Gasteiger partial charge in [-0.05, 0) is 11.4 Å². The lowest BCUT2D eigenvalue weighted by Gasteiger charge is -1.95. The Bertz CT molecular complexity index is 433. The fourth-order valence-electron chi connectivity index (χ4n) is 1.05. The number of carboxylic acid groups (broad SMARTS) is 1. The van der Waals surface area contributed by atoms with Gasteiger partial charge in [0.2, 0.25) is 0 Å². The topological polar surface area (TPSA) is 53.0 Å². The van der Waals surface area contributed by atoms with Crippen molar-refractivity contribution in [3.8, 4) is 9.88 Å². The highest BCUT2D eigenvalue weighted by atomic mass is 32.1. The number of carboxylic acids is 1. The van der Waals surface area contributed by atoms with E-state index in [9.17, 15) is 9.90 Å². The van der Waals surface area contributed by atoms with Crippen molar-refractivity contribution in [3.05, 3.63) is 28.6 Å². The Morgan fingerprint density at radius 1 is 1.50 bits per heavy atom. The van der Waals surface area contributed by atoms with Crippen LogP contribution in [0.1, 0.15) is 5.69 Å². The summed E-state index contributed by atoms with van der Waals surface area (Å²) in [6.07, 6.45) is -0.109. The molecular formula is C9H6NO2S2-. The lowest BCUT2D eigenvalue weighted by atomic mass is 10.3. The van der Waals surface area contributed by atoms with Crippen LogP contribution in [0.2, 0.25) is 0 Å². The van der Waals surface area contributed by atoms with Crippen molar-refractivity contribution >= 4 is 28.6 Å². The van der Waals surface area contributed by atoms with Crippen LogP contribution in [0.4, 0.5) is 0 Å². The van der Waals surface area contributed by atoms with Crippen molar-refractivity contribution in [1.82, 2.24) is 4.98 Å². The minimum Gasteiger partial charge on any atom is -0.550 e. The van der Waals surface area contributed by atoms with Crippen LogP contribution in [-0.4, -0.2) is 11.0 Å². The molecule has 0 radical (unpaired) electrons. The van der Waals surface area contributed by atoms with Crippen molar-refractivity contribution in [2.24, 2.45) is 0 Å². The van der Waals surface area contributed by atoms with E-state index in [1.54, 1.807) is 16.7 Å². The Balaban J connectivity index is 2.22. The number of aromatic nitrogens is 1. The molecule has 2 heterocycles. The summed E-state index contributed by atoms with van der Waals surface area (Å²) in [5.74, 6) is -1.09. The van der Waals surface area contributed by atoms with Crippen molar-refractivity contribution in [1.29, 1.82) is 0 Å². The Morgan fingerprint density at radius 2 is 2.36 bits per heavy atom. The molecule has 14 heavy (non-hydrogen) atoms. The number of aliphatic carboxylic acids is 1. The largest absolute Gasteiger partial charge is 0.550 e. The minimum atomic E-state index is -1.09. The van der Waals surface area contributed by atoms with Gasteiger partial charge >= 0.3 is 0 Å². The number of thiazole rings is 1. The summed E-state index contributed by atoms with van der Waals surface area (Å²) in [5, 5.41) is 14.9. The summed E-state index contributed by atoms with van der Waals surface area (Å²) in [7, 11) is 0. The van der Waals surface area contributed by atoms with E-state index in [4.69, 9.17) is 0 Å². The molecular weight excluding hydrogens is 218 g/mol. The molecule has 3 nitrogen and oxygen atoms in total. The number of carbonyl (C=O) groups is 1. The summed E-state index contributed by atoms with van der Waals surface area (Å²) < 4.78 is 0. The van der Waals surface area contributed by atoms with Crippen LogP contribution in [0.15, 0.2) is 22.9 Å². The lowest BCUT2D eigenvalue weighted by molar-refractivity contribution is -0.304. The molecule has 2 aromatic heterocycles. The zero-order valence-corrected chi connectivity index (χ0v) is 8.73. The van der Waals surface area contributed by atoms with E-state index >= 15 is 0 Å². The molecule has 0 N–H and O–H groups in total. The third-order valence-corrected chi connectivity index (χ3v) is 3.54. The molecule has 0 aliphatic carbocycles. The third kappa shape index (κ3) is 2.00. The van der Waals surface area contributed by atoms with Gasteiger partial charge in [-0.15, -0.1) is 22.7 Å². The molecule has 0 amide bonds. The SMILES string of the molecule is O=C([O-])Cc1csc(-c2cccs2)n1. The molecule has 0 unspecified atom stereocenters. The van der Waals surface area contributed by atoms with Gasteiger partial charge < -0.3 is 9.90 Å². The normalized spacial score (nSPS) is 10.3. The Morgan fingerprint density at radius 3 is 3.00 bits per heavy atom. The van der Waals surface area contributed by atoms with E-state index in [1.807, 2.05) is 17.5 Å². The highest BCUT2D eigenvalue weighted by Gasteiger charge is 2.05. The fraction of sp³-hybridized carbons (Fsp3) is 0.111. The second-order valence-electron chi connectivity index (χ2n) is 2.67. The molecule has 72 valence electrons. The highest BCUT2D eigenvalue weighted by molar-refractivity contribution is 7.20. The van der Waals surface area contributed by atoms with Crippen LogP contribution < -0.4 is 5.11 Å². The highest BCUT2D eigenvalue weighted by Crippen LogP contribution is 2.27. The molecule has 0 fully saturated rings. The van der Waals surface area contributed by atoms with Crippen molar-refractivity contribution in [2.45, 2.75) is 6.42 Å². The van der Waals surface area contributed by atoms with Crippen LogP contribution in [0.5, 0.6) is 0 Å². The van der Waals surface area contributed by atoms with Crippen LogP contribution in [-0.2, 0) is 11.2 Å². The van der Waals surface area contributed by atoms with Crippen LogP contribution >= 0.6 is 22.7 Å². The number of carbonyl (C=O) groups excluding carboxylic acids is 1. The molecule has 2 aromatic rings. The first kappa shape index (κ1) is 9.36. The Hall–Kier alpha value is -1.20. The molecule has 0 aromatic carbocycles. The summed E-state index contributed by atoms with van der Waals surface area (Å²) in [4.78, 5) is 15.6. The molecule has 0 aliphatic rings. The predicted octanol–water partition coefficient (Wildman–Crippen LogP) is 1.16. The standard InChI is InChI=1S/C9H7NO2S2/c11-8(12)4-6-5-14-9(10-6)7-2-1-3-13-7/h1-3,5H,4H2,(H,11,12)/p-1. The summed E-state index contributed by atoms with van der Waals surface area (Å²) >= 11 is 3.05. The van der Waals surface area contributed by atoms with E-state index in [-0.39, 0.29) is 6.42 Å². The first-order valence-corrected chi connectivity index (χ1v) is 5.70. The molecule has 0 atom stereocenters. The zero-order valence-electron chi connectivity index (χ0n) is 7.10. The quantitative estimate of drug-likeness (QED) is 0.786. The summed E-state index contributed by atoms with van der Waals surface area (Å²) in [6, 6.07) is 3.91. The molecule has 0 spiro atoms. The maximum atomic E-state index is 10.3. The Labute approximate surface area is 88.7 Å². The second-order valence-corrected chi connectivity index (χ2v) is 4.48. The first-order chi connectivity index (χ1) is 6.75. The summed E-state index contributed by atoms with van der Waals surface area (Å²) in [6.45, 7) is 0. The van der Waals surface area contributed by atoms with E-state index in [0.29, 0.717) is 5.69 Å². The van der Waals surface area contributed by atoms with E-state index in [2.05, 4.69) is 4.98 Å². The number of hydrogen-bond donors (Lipinski definition) is 0. The molecule has 2 rings (SSSR count). The van der Waals surface area contributed by atoms with E-state index in [0.717, 1.165) is 9.88 Å². The van der Waals surface area contributed by atoms with Gasteiger partial charge in [0.1, 0.15) is 5.01 Å². The molecule has 5 heteroatoms. The summed E-state index contributed by atoms with van der Waals surface area (Å²) in [5.41, 5.74) is 0.568. The van der Waals surface area contributed by atoms with Crippen LogP contribution in [0.3, 0.4) is 0 Å². The lowest BCUT2D eigenvalue weighted by Crippen LogP contribution is -2.24. The predicted molar refractivity (Wildman–Crippen MR) is 54.1 cm³/mol. The Kier molecular flexibility index (Phi) is 2.60. The van der Waals surface area contributed by atoms with Crippen molar-refractivity contribution in [2.75, 3.05) is 0 Å². The van der Waals surface area contributed by atoms with Gasteiger partial charge in [0.15, 0.2) is 0 Å². The second kappa shape index (κ2) is 3.89. The average molecular weight is 224 g/mol.